The van der Waals surface area contributed by atoms with Crippen LogP contribution in [0.4, 0.5) is 4.79 Å². The SMILES string of the molecule is CC(C)(NC(=O)N1CCNCC1)C(=O)c1cccc(CN2C(=O)C(c3ccccc3)(c3ccccc3)N=C2N)c1. The summed E-state index contributed by atoms with van der Waals surface area (Å²) in [5.41, 5.74) is 6.57. The van der Waals surface area contributed by atoms with Crippen molar-refractivity contribution in [1.29, 1.82) is 0 Å². The van der Waals surface area contributed by atoms with Gasteiger partial charge in [0, 0.05) is 31.7 Å². The van der Waals surface area contributed by atoms with Crippen LogP contribution in [0.15, 0.2) is 89.9 Å². The molecule has 4 N–H and O–H groups in total. The number of nitrogens with two attached hydrogens (primary N) is 1. The molecule has 5 rings (SSSR count). The summed E-state index contributed by atoms with van der Waals surface area (Å²) in [6.07, 6.45) is 0. The minimum atomic E-state index is -1.30. The minimum Gasteiger partial charge on any atom is -0.369 e. The lowest BCUT2D eigenvalue weighted by Crippen LogP contribution is -2.57. The molecule has 0 aliphatic carbocycles. The molecule has 2 aliphatic heterocycles. The molecule has 9 heteroatoms. The Morgan fingerprint density at radius 2 is 1.55 bits per heavy atom. The van der Waals surface area contributed by atoms with Crippen LogP contribution < -0.4 is 16.4 Å². The van der Waals surface area contributed by atoms with Gasteiger partial charge in [0.1, 0.15) is 0 Å². The highest BCUT2D eigenvalue weighted by Crippen LogP contribution is 2.40. The molecule has 2 aliphatic rings. The summed E-state index contributed by atoms with van der Waals surface area (Å²) in [6.45, 7) is 6.17. The van der Waals surface area contributed by atoms with Gasteiger partial charge in [0.05, 0.1) is 12.1 Å². The second-order valence-electron chi connectivity index (χ2n) is 10.6. The summed E-state index contributed by atoms with van der Waals surface area (Å²) < 4.78 is 0. The molecular weight excluding hydrogens is 504 g/mol. The molecule has 40 heavy (non-hydrogen) atoms. The van der Waals surface area contributed by atoms with E-state index in [1.807, 2.05) is 66.7 Å². The fraction of sp³-hybridized carbons (Fsp3) is 0.290. The van der Waals surface area contributed by atoms with Crippen LogP contribution in [0.1, 0.15) is 40.9 Å². The van der Waals surface area contributed by atoms with Crippen molar-refractivity contribution in [2.45, 2.75) is 31.5 Å². The number of Topliss-reactive ketones (excluding diaryl/α,β-unsaturated/α-hetero) is 1. The zero-order valence-corrected chi connectivity index (χ0v) is 22.8. The number of piperazine rings is 1. The summed E-state index contributed by atoms with van der Waals surface area (Å²) in [4.78, 5) is 48.3. The molecule has 0 bridgehead atoms. The van der Waals surface area contributed by atoms with E-state index in [1.54, 1.807) is 36.9 Å². The Morgan fingerprint density at radius 3 is 2.15 bits per heavy atom. The van der Waals surface area contributed by atoms with Gasteiger partial charge >= 0.3 is 6.03 Å². The average Bonchev–Trinajstić information content (AvgIpc) is 3.23. The highest BCUT2D eigenvalue weighted by molar-refractivity contribution is 6.09. The van der Waals surface area contributed by atoms with Gasteiger partial charge in [0.25, 0.3) is 5.91 Å². The van der Waals surface area contributed by atoms with Crippen LogP contribution in [0, 0.1) is 0 Å². The Hall–Kier alpha value is -4.50. The van der Waals surface area contributed by atoms with Gasteiger partial charge in [-0.05, 0) is 36.6 Å². The van der Waals surface area contributed by atoms with E-state index in [1.165, 1.54) is 4.90 Å². The van der Waals surface area contributed by atoms with Crippen LogP contribution in [0.5, 0.6) is 0 Å². The first-order valence-corrected chi connectivity index (χ1v) is 13.4. The Morgan fingerprint density at radius 1 is 0.950 bits per heavy atom. The Balaban J connectivity index is 1.38. The third kappa shape index (κ3) is 5.08. The van der Waals surface area contributed by atoms with Crippen LogP contribution in [0.2, 0.25) is 0 Å². The second-order valence-corrected chi connectivity index (χ2v) is 10.6. The van der Waals surface area contributed by atoms with Crippen molar-refractivity contribution < 1.29 is 14.4 Å². The molecule has 2 heterocycles. The number of rotatable bonds is 7. The van der Waals surface area contributed by atoms with Gasteiger partial charge in [-0.1, -0.05) is 78.9 Å². The quantitative estimate of drug-likeness (QED) is 0.400. The van der Waals surface area contributed by atoms with Gasteiger partial charge in [-0.3, -0.25) is 14.5 Å². The molecule has 206 valence electrons. The third-order valence-corrected chi connectivity index (χ3v) is 7.42. The molecule has 0 saturated carbocycles. The minimum absolute atomic E-state index is 0.109. The van der Waals surface area contributed by atoms with Crippen molar-refractivity contribution in [2.75, 3.05) is 26.2 Å². The summed E-state index contributed by atoms with van der Waals surface area (Å²) in [7, 11) is 0. The topological polar surface area (TPSA) is 120 Å². The number of aliphatic imine (C=N–C) groups is 1. The Bertz CT molecular complexity index is 1390. The molecule has 1 saturated heterocycles. The fourth-order valence-electron chi connectivity index (χ4n) is 5.26. The van der Waals surface area contributed by atoms with Crippen molar-refractivity contribution in [1.82, 2.24) is 20.4 Å². The van der Waals surface area contributed by atoms with Crippen molar-refractivity contribution >= 4 is 23.7 Å². The number of nitrogens with zero attached hydrogens (tertiary/aromatic N) is 3. The number of nitrogens with one attached hydrogen (secondary N) is 2. The first kappa shape index (κ1) is 27.1. The van der Waals surface area contributed by atoms with E-state index < -0.39 is 11.1 Å². The molecule has 0 atom stereocenters. The van der Waals surface area contributed by atoms with Crippen LogP contribution in [0.25, 0.3) is 0 Å². The largest absolute Gasteiger partial charge is 0.369 e. The molecule has 1 fully saturated rings. The van der Waals surface area contributed by atoms with E-state index in [4.69, 9.17) is 10.7 Å². The Kier molecular flexibility index (Phi) is 7.40. The number of amides is 3. The van der Waals surface area contributed by atoms with Crippen LogP contribution >= 0.6 is 0 Å². The fourth-order valence-corrected chi connectivity index (χ4v) is 5.26. The first-order chi connectivity index (χ1) is 19.2. The molecule has 0 radical (unpaired) electrons. The predicted octanol–water partition coefficient (Wildman–Crippen LogP) is 2.86. The smallest absolute Gasteiger partial charge is 0.318 e. The monoisotopic (exact) mass is 538 g/mol. The second kappa shape index (κ2) is 10.9. The molecule has 3 amide bonds. The molecule has 3 aromatic carbocycles. The van der Waals surface area contributed by atoms with Crippen molar-refractivity contribution in [3.63, 3.8) is 0 Å². The summed E-state index contributed by atoms with van der Waals surface area (Å²) in [5.74, 6) is -0.379. The maximum atomic E-state index is 14.1. The number of ketones is 1. The molecular formula is C31H34N6O3. The van der Waals surface area contributed by atoms with Gasteiger partial charge < -0.3 is 21.3 Å². The molecule has 3 aromatic rings. The van der Waals surface area contributed by atoms with Gasteiger partial charge in [0.2, 0.25) is 0 Å². The standard InChI is InChI=1S/C31H34N6O3/c1-30(2,35-29(40)36-18-16-33-17-19-36)26(38)23-11-9-10-22(20-23)21-37-27(39)31(34-28(37)32,24-12-5-3-6-13-24)25-14-7-4-8-15-25/h3-15,20,33H,16-19,21H2,1-2H3,(H2,32,34)(H,35,40). The molecule has 0 spiro atoms. The lowest BCUT2D eigenvalue weighted by atomic mass is 9.83. The highest BCUT2D eigenvalue weighted by Gasteiger charge is 2.50. The van der Waals surface area contributed by atoms with Crippen molar-refractivity contribution in [2.24, 2.45) is 10.7 Å². The van der Waals surface area contributed by atoms with E-state index in [0.29, 0.717) is 18.7 Å². The van der Waals surface area contributed by atoms with E-state index in [0.717, 1.165) is 29.8 Å². The number of benzene rings is 3. The normalized spacial score (nSPS) is 16.9. The Labute approximate surface area is 234 Å². The van der Waals surface area contributed by atoms with Gasteiger partial charge in [-0.25, -0.2) is 9.79 Å². The maximum Gasteiger partial charge on any atom is 0.318 e. The lowest BCUT2D eigenvalue weighted by molar-refractivity contribution is -0.130. The number of hydrogen-bond acceptors (Lipinski definition) is 6. The third-order valence-electron chi connectivity index (χ3n) is 7.42. The van der Waals surface area contributed by atoms with Crippen LogP contribution in [0.3, 0.4) is 0 Å². The number of carbonyl (C=O) groups is 3. The van der Waals surface area contributed by atoms with E-state index in [9.17, 15) is 14.4 Å². The van der Waals surface area contributed by atoms with E-state index in [-0.39, 0.29) is 30.2 Å². The van der Waals surface area contributed by atoms with Crippen molar-refractivity contribution in [3.8, 4) is 0 Å². The number of carbonyl (C=O) groups excluding carboxylic acids is 3. The van der Waals surface area contributed by atoms with Crippen molar-refractivity contribution in [3.05, 3.63) is 107 Å². The predicted molar refractivity (Wildman–Crippen MR) is 154 cm³/mol. The zero-order chi connectivity index (χ0) is 28.3. The average molecular weight is 539 g/mol. The number of guanidine groups is 1. The molecule has 9 nitrogen and oxygen atoms in total. The number of hydrogen-bond donors (Lipinski definition) is 3. The van der Waals surface area contributed by atoms with Gasteiger partial charge in [-0.15, -0.1) is 0 Å². The van der Waals surface area contributed by atoms with Gasteiger partial charge in [-0.2, -0.15) is 0 Å². The van der Waals surface area contributed by atoms with Crippen LogP contribution in [-0.2, 0) is 16.9 Å². The van der Waals surface area contributed by atoms with E-state index >= 15 is 0 Å². The summed E-state index contributed by atoms with van der Waals surface area (Å²) in [5, 5.41) is 6.10. The van der Waals surface area contributed by atoms with E-state index in [2.05, 4.69) is 10.6 Å². The highest BCUT2D eigenvalue weighted by atomic mass is 16.2. The maximum absolute atomic E-state index is 14.1. The molecule has 0 unspecified atom stereocenters. The lowest BCUT2D eigenvalue weighted by Gasteiger charge is -2.32. The van der Waals surface area contributed by atoms with Crippen LogP contribution in [-0.4, -0.2) is 65.2 Å². The zero-order valence-electron chi connectivity index (χ0n) is 22.8. The number of urea groups is 1. The molecule has 0 aromatic heterocycles. The van der Waals surface area contributed by atoms with Gasteiger partial charge in [0.15, 0.2) is 17.3 Å². The summed E-state index contributed by atoms with van der Waals surface area (Å²) >= 11 is 0. The summed E-state index contributed by atoms with van der Waals surface area (Å²) in [6, 6.07) is 25.6. The first-order valence-electron chi connectivity index (χ1n) is 13.4.